The van der Waals surface area contributed by atoms with Crippen molar-refractivity contribution in [2.24, 2.45) is 0 Å². The molecular weight excluding hydrogens is 379 g/mol. The first-order chi connectivity index (χ1) is 13.2. The molecule has 3 rings (SSSR count). The van der Waals surface area contributed by atoms with Gasteiger partial charge in [0.15, 0.2) is 11.5 Å². The minimum absolute atomic E-state index is 0.216. The van der Waals surface area contributed by atoms with Crippen LogP contribution in [0.4, 0.5) is 0 Å². The molecule has 0 aliphatic carbocycles. The number of ether oxygens (including phenoxy) is 1. The third kappa shape index (κ3) is 4.25. The molecule has 0 bridgehead atoms. The number of pyridine rings is 1. The normalized spacial score (nSPS) is 14.0. The molecule has 0 N–H and O–H groups in total. The summed E-state index contributed by atoms with van der Waals surface area (Å²) >= 11 is 0. The van der Waals surface area contributed by atoms with Crippen molar-refractivity contribution in [1.82, 2.24) is 20.0 Å². The van der Waals surface area contributed by atoms with Crippen molar-refractivity contribution in [2.45, 2.75) is 65.7 Å². The van der Waals surface area contributed by atoms with Gasteiger partial charge in [-0.15, -0.1) is 5.10 Å². The Morgan fingerprint density at radius 3 is 2.21 bits per heavy atom. The van der Waals surface area contributed by atoms with E-state index in [2.05, 4.69) is 15.5 Å². The largest absolute Gasteiger partial charge is 0.364 e. The summed E-state index contributed by atoms with van der Waals surface area (Å²) in [5.41, 5.74) is 1.88. The molecule has 3 aromatic rings. The minimum atomic E-state index is -3.71. The Morgan fingerprint density at radius 1 is 0.964 bits per heavy atom. The predicted octanol–water partition coefficient (Wildman–Crippen LogP) is 4.74. The van der Waals surface area contributed by atoms with Crippen LogP contribution in [0.5, 0.6) is 0 Å². The molecule has 0 saturated heterocycles. The van der Waals surface area contributed by atoms with Crippen LogP contribution in [0.15, 0.2) is 30.3 Å². The zero-order valence-corrected chi connectivity index (χ0v) is 18.0. The standard InChI is InChI=1S/C19H27N4O4P/c1-12(2)25-19(28(24,26-13(3)4)27-14(5)6)16-11-15-9-7-8-10-17(15)23-18(16)20-21-22-23/h7-14,19H,1-6H3. The van der Waals surface area contributed by atoms with Crippen LogP contribution in [0, 0.1) is 0 Å². The van der Waals surface area contributed by atoms with Gasteiger partial charge in [-0.1, -0.05) is 18.2 Å². The van der Waals surface area contributed by atoms with Gasteiger partial charge in [0.2, 0.25) is 0 Å². The molecule has 0 amide bonds. The second-order valence-corrected chi connectivity index (χ2v) is 9.43. The van der Waals surface area contributed by atoms with Gasteiger partial charge in [0.1, 0.15) is 0 Å². The van der Waals surface area contributed by atoms with E-state index in [4.69, 9.17) is 13.8 Å². The third-order valence-corrected chi connectivity index (χ3v) is 6.28. The zero-order valence-electron chi connectivity index (χ0n) is 17.1. The van der Waals surface area contributed by atoms with Gasteiger partial charge in [0.05, 0.1) is 23.8 Å². The summed E-state index contributed by atoms with van der Waals surface area (Å²) in [5.74, 6) is -0.963. The second kappa shape index (κ2) is 8.25. The molecule has 1 unspecified atom stereocenters. The first-order valence-corrected chi connectivity index (χ1v) is 11.0. The van der Waals surface area contributed by atoms with Gasteiger partial charge in [-0.2, -0.15) is 4.52 Å². The molecule has 0 saturated carbocycles. The Kier molecular flexibility index (Phi) is 6.15. The van der Waals surface area contributed by atoms with Crippen molar-refractivity contribution in [2.75, 3.05) is 0 Å². The first kappa shape index (κ1) is 20.9. The van der Waals surface area contributed by atoms with E-state index in [1.54, 1.807) is 4.52 Å². The highest BCUT2D eigenvalue weighted by Gasteiger charge is 2.42. The van der Waals surface area contributed by atoms with E-state index in [0.717, 1.165) is 10.9 Å². The van der Waals surface area contributed by atoms with Crippen molar-refractivity contribution in [3.63, 3.8) is 0 Å². The average Bonchev–Trinajstić information content (AvgIpc) is 3.07. The van der Waals surface area contributed by atoms with Gasteiger partial charge >= 0.3 is 7.60 Å². The molecule has 0 spiro atoms. The van der Waals surface area contributed by atoms with Gasteiger partial charge < -0.3 is 13.8 Å². The van der Waals surface area contributed by atoms with Crippen LogP contribution in [-0.4, -0.2) is 38.4 Å². The summed E-state index contributed by atoms with van der Waals surface area (Å²) in [7, 11) is -3.71. The van der Waals surface area contributed by atoms with E-state index in [0.29, 0.717) is 11.2 Å². The lowest BCUT2D eigenvalue weighted by molar-refractivity contribution is 0.0180. The van der Waals surface area contributed by atoms with E-state index in [-0.39, 0.29) is 18.3 Å². The number of fused-ring (bicyclic) bond motifs is 3. The maximum absolute atomic E-state index is 13.9. The van der Waals surface area contributed by atoms with Crippen LogP contribution in [-0.2, 0) is 18.3 Å². The lowest BCUT2D eigenvalue weighted by Gasteiger charge is -2.31. The van der Waals surface area contributed by atoms with Crippen LogP contribution < -0.4 is 0 Å². The van der Waals surface area contributed by atoms with Gasteiger partial charge in [-0.05, 0) is 64.1 Å². The summed E-state index contributed by atoms with van der Waals surface area (Å²) in [4.78, 5) is 0. The van der Waals surface area contributed by atoms with Gasteiger partial charge in [-0.3, -0.25) is 4.57 Å². The summed E-state index contributed by atoms with van der Waals surface area (Å²) in [6.07, 6.45) is -0.835. The fourth-order valence-corrected chi connectivity index (χ4v) is 5.41. The van der Waals surface area contributed by atoms with E-state index < -0.39 is 13.4 Å². The van der Waals surface area contributed by atoms with E-state index in [1.165, 1.54) is 0 Å². The van der Waals surface area contributed by atoms with Gasteiger partial charge in [0, 0.05) is 10.9 Å². The van der Waals surface area contributed by atoms with Crippen LogP contribution in [0.25, 0.3) is 16.6 Å². The molecule has 2 heterocycles. The molecule has 1 aromatic carbocycles. The first-order valence-electron chi connectivity index (χ1n) is 9.43. The predicted molar refractivity (Wildman–Crippen MR) is 107 cm³/mol. The van der Waals surface area contributed by atoms with Crippen molar-refractivity contribution in [3.05, 3.63) is 35.9 Å². The summed E-state index contributed by atoms with van der Waals surface area (Å²) < 4.78 is 33.3. The van der Waals surface area contributed by atoms with Crippen molar-refractivity contribution in [1.29, 1.82) is 0 Å². The monoisotopic (exact) mass is 406 g/mol. The number of rotatable bonds is 8. The van der Waals surface area contributed by atoms with Crippen LogP contribution >= 0.6 is 7.60 Å². The molecule has 0 aliphatic rings. The van der Waals surface area contributed by atoms with Crippen molar-refractivity contribution < 1.29 is 18.3 Å². The third-order valence-electron chi connectivity index (χ3n) is 3.87. The van der Waals surface area contributed by atoms with Crippen molar-refractivity contribution >= 4 is 24.1 Å². The number of tetrazole rings is 1. The number of benzene rings is 1. The SMILES string of the molecule is CC(C)OC(c1cc2ccccc2n2nnnc12)P(=O)(OC(C)C)OC(C)C. The van der Waals surface area contributed by atoms with Crippen LogP contribution in [0.1, 0.15) is 53.0 Å². The molecule has 0 aliphatic heterocycles. The summed E-state index contributed by atoms with van der Waals surface area (Å²) in [6.45, 7) is 11.0. The highest BCUT2D eigenvalue weighted by atomic mass is 31.2. The summed E-state index contributed by atoms with van der Waals surface area (Å²) in [6, 6.07) is 9.61. The Labute approximate surface area is 164 Å². The van der Waals surface area contributed by atoms with Gasteiger partial charge in [0.25, 0.3) is 0 Å². The molecule has 28 heavy (non-hydrogen) atoms. The lowest BCUT2D eigenvalue weighted by Crippen LogP contribution is -2.19. The highest BCUT2D eigenvalue weighted by molar-refractivity contribution is 7.54. The molecule has 2 aromatic heterocycles. The number of hydrogen-bond donors (Lipinski definition) is 0. The number of hydrogen-bond acceptors (Lipinski definition) is 7. The fraction of sp³-hybridized carbons (Fsp3) is 0.526. The Bertz CT molecular complexity index is 988. The fourth-order valence-electron chi connectivity index (χ4n) is 3.04. The van der Waals surface area contributed by atoms with E-state index >= 15 is 0 Å². The molecule has 152 valence electrons. The molecule has 0 radical (unpaired) electrons. The maximum atomic E-state index is 13.9. The zero-order chi connectivity index (χ0) is 20.5. The lowest BCUT2D eigenvalue weighted by atomic mass is 10.1. The van der Waals surface area contributed by atoms with Crippen LogP contribution in [0.3, 0.4) is 0 Å². The van der Waals surface area contributed by atoms with E-state index in [9.17, 15) is 4.57 Å². The van der Waals surface area contributed by atoms with Crippen LogP contribution in [0.2, 0.25) is 0 Å². The molecule has 8 nitrogen and oxygen atoms in total. The number of nitrogens with zero attached hydrogens (tertiary/aromatic N) is 4. The summed E-state index contributed by atoms with van der Waals surface area (Å²) in [5, 5.41) is 13.0. The molecule has 9 heteroatoms. The van der Waals surface area contributed by atoms with E-state index in [1.807, 2.05) is 71.9 Å². The maximum Gasteiger partial charge on any atom is 0.364 e. The smallest absolute Gasteiger partial charge is 0.358 e. The number of aromatic nitrogens is 4. The Hall–Kier alpha value is -1.86. The highest BCUT2D eigenvalue weighted by Crippen LogP contribution is 2.63. The quantitative estimate of drug-likeness (QED) is 0.499. The average molecular weight is 406 g/mol. The minimum Gasteiger partial charge on any atom is -0.358 e. The van der Waals surface area contributed by atoms with Crippen molar-refractivity contribution in [3.8, 4) is 0 Å². The Balaban J connectivity index is 2.25. The molecule has 0 fully saturated rings. The number of para-hydroxylation sites is 1. The molecule has 1 atom stereocenters. The molecular formula is C19H27N4O4P. The Morgan fingerprint density at radius 2 is 1.61 bits per heavy atom. The second-order valence-electron chi connectivity index (χ2n) is 7.46. The topological polar surface area (TPSA) is 87.8 Å². The van der Waals surface area contributed by atoms with Gasteiger partial charge in [-0.25, -0.2) is 0 Å².